The summed E-state index contributed by atoms with van der Waals surface area (Å²) in [7, 11) is 0. The normalized spacial score (nSPS) is 18.4. The quantitative estimate of drug-likeness (QED) is 0.751. The van der Waals surface area contributed by atoms with Gasteiger partial charge in [-0.15, -0.1) is 11.3 Å². The maximum atomic E-state index is 12.9. The van der Waals surface area contributed by atoms with Crippen LogP contribution in [0.1, 0.15) is 56.6 Å². The molecule has 2 aromatic heterocycles. The maximum Gasteiger partial charge on any atom is 0.174 e. The van der Waals surface area contributed by atoms with Crippen molar-refractivity contribution in [1.82, 2.24) is 0 Å². The Morgan fingerprint density at radius 3 is 2.79 bits per heavy atom. The number of furan rings is 1. The van der Waals surface area contributed by atoms with Crippen LogP contribution in [0.3, 0.4) is 0 Å². The molecule has 3 rings (SSSR count). The summed E-state index contributed by atoms with van der Waals surface area (Å²) in [6, 6.07) is 2.12. The zero-order valence-corrected chi connectivity index (χ0v) is 12.4. The molecule has 0 bridgehead atoms. The van der Waals surface area contributed by atoms with E-state index in [1.807, 2.05) is 20.8 Å². The summed E-state index contributed by atoms with van der Waals surface area (Å²) in [6.07, 6.45) is 3.20. The molecule has 1 unspecified atom stereocenters. The van der Waals surface area contributed by atoms with E-state index in [4.69, 9.17) is 4.42 Å². The Labute approximate surface area is 117 Å². The van der Waals surface area contributed by atoms with Gasteiger partial charge < -0.3 is 4.42 Å². The first-order chi connectivity index (χ1) is 9.09. The molecular formula is C16H18O2S. The van der Waals surface area contributed by atoms with Gasteiger partial charge in [-0.05, 0) is 57.0 Å². The van der Waals surface area contributed by atoms with Crippen molar-refractivity contribution >= 4 is 17.1 Å². The molecular weight excluding hydrogens is 256 g/mol. The highest BCUT2D eigenvalue weighted by Crippen LogP contribution is 2.38. The summed E-state index contributed by atoms with van der Waals surface area (Å²) < 4.78 is 5.61. The number of ketones is 1. The Balaban J connectivity index is 2.03. The Morgan fingerprint density at radius 1 is 1.32 bits per heavy atom. The Morgan fingerprint density at radius 2 is 2.11 bits per heavy atom. The van der Waals surface area contributed by atoms with E-state index in [0.717, 1.165) is 41.9 Å². The lowest BCUT2D eigenvalue weighted by Gasteiger charge is -2.21. The summed E-state index contributed by atoms with van der Waals surface area (Å²) in [4.78, 5) is 14.2. The van der Waals surface area contributed by atoms with Gasteiger partial charge in [-0.3, -0.25) is 4.79 Å². The van der Waals surface area contributed by atoms with Gasteiger partial charge in [0.1, 0.15) is 11.5 Å². The van der Waals surface area contributed by atoms with Gasteiger partial charge in [0.25, 0.3) is 0 Å². The van der Waals surface area contributed by atoms with E-state index in [1.165, 1.54) is 10.4 Å². The number of Topliss-reactive ketones (excluding diaryl/α,β-unsaturated/α-hetero) is 1. The zero-order valence-electron chi connectivity index (χ0n) is 11.6. The lowest BCUT2D eigenvalue weighted by Crippen LogP contribution is -2.18. The van der Waals surface area contributed by atoms with Crippen LogP contribution in [0.5, 0.6) is 0 Å². The van der Waals surface area contributed by atoms with E-state index < -0.39 is 0 Å². The molecule has 0 saturated carbocycles. The van der Waals surface area contributed by atoms with Crippen LogP contribution in [0.4, 0.5) is 0 Å². The number of aryl methyl sites for hydroxylation is 3. The van der Waals surface area contributed by atoms with Crippen LogP contribution in [-0.4, -0.2) is 5.78 Å². The van der Waals surface area contributed by atoms with Crippen LogP contribution in [-0.2, 0) is 6.42 Å². The van der Waals surface area contributed by atoms with Crippen LogP contribution in [0.15, 0.2) is 15.9 Å². The summed E-state index contributed by atoms with van der Waals surface area (Å²) in [5, 5.41) is 2.11. The van der Waals surface area contributed by atoms with Gasteiger partial charge in [-0.25, -0.2) is 0 Å². The molecule has 0 spiro atoms. The van der Waals surface area contributed by atoms with E-state index >= 15 is 0 Å². The Hall–Kier alpha value is -1.35. The molecule has 0 saturated heterocycles. The molecule has 3 heteroatoms. The van der Waals surface area contributed by atoms with Gasteiger partial charge in [0, 0.05) is 16.4 Å². The lowest BCUT2D eigenvalue weighted by atomic mass is 9.82. The molecule has 100 valence electrons. The predicted molar refractivity (Wildman–Crippen MR) is 77.2 cm³/mol. The third kappa shape index (κ3) is 1.96. The van der Waals surface area contributed by atoms with Crippen LogP contribution in [0.25, 0.3) is 0 Å². The SMILES string of the molecule is Cc1oc(C)c(C(=O)C2CCCc3sccc32)c1C. The third-order valence-electron chi connectivity index (χ3n) is 4.18. The Bertz CT molecular complexity index is 633. The number of carbonyl (C=O) groups is 1. The summed E-state index contributed by atoms with van der Waals surface area (Å²) in [6.45, 7) is 5.80. The van der Waals surface area contributed by atoms with Crippen molar-refractivity contribution in [3.05, 3.63) is 44.5 Å². The van der Waals surface area contributed by atoms with Crippen molar-refractivity contribution in [1.29, 1.82) is 0 Å². The topological polar surface area (TPSA) is 30.2 Å². The smallest absolute Gasteiger partial charge is 0.174 e. The van der Waals surface area contributed by atoms with E-state index in [1.54, 1.807) is 11.3 Å². The molecule has 0 fully saturated rings. The average Bonchev–Trinajstić information content (AvgIpc) is 2.94. The number of hydrogen-bond donors (Lipinski definition) is 0. The number of hydrogen-bond acceptors (Lipinski definition) is 3. The van der Waals surface area contributed by atoms with Gasteiger partial charge in [-0.1, -0.05) is 0 Å². The monoisotopic (exact) mass is 274 g/mol. The van der Waals surface area contributed by atoms with E-state index in [2.05, 4.69) is 11.4 Å². The predicted octanol–water partition coefficient (Wildman–Crippen LogP) is 4.57. The van der Waals surface area contributed by atoms with Gasteiger partial charge in [0.15, 0.2) is 5.78 Å². The molecule has 0 radical (unpaired) electrons. The highest BCUT2D eigenvalue weighted by atomic mass is 32.1. The van der Waals surface area contributed by atoms with E-state index in [9.17, 15) is 4.79 Å². The van der Waals surface area contributed by atoms with Crippen molar-refractivity contribution in [2.24, 2.45) is 0 Å². The van der Waals surface area contributed by atoms with Crippen LogP contribution >= 0.6 is 11.3 Å². The largest absolute Gasteiger partial charge is 0.466 e. The van der Waals surface area contributed by atoms with E-state index in [0.29, 0.717) is 0 Å². The third-order valence-corrected chi connectivity index (χ3v) is 5.17. The molecule has 2 heterocycles. The molecule has 19 heavy (non-hydrogen) atoms. The molecule has 1 aliphatic rings. The number of fused-ring (bicyclic) bond motifs is 1. The fourth-order valence-electron chi connectivity index (χ4n) is 3.09. The van der Waals surface area contributed by atoms with E-state index in [-0.39, 0.29) is 11.7 Å². The van der Waals surface area contributed by atoms with Gasteiger partial charge in [0.05, 0.1) is 5.56 Å². The molecule has 1 aliphatic carbocycles. The van der Waals surface area contributed by atoms with Crippen molar-refractivity contribution in [3.8, 4) is 0 Å². The minimum Gasteiger partial charge on any atom is -0.466 e. The highest BCUT2D eigenvalue weighted by Gasteiger charge is 2.31. The lowest BCUT2D eigenvalue weighted by molar-refractivity contribution is 0.0949. The van der Waals surface area contributed by atoms with Gasteiger partial charge in [0.2, 0.25) is 0 Å². The molecule has 0 amide bonds. The average molecular weight is 274 g/mol. The van der Waals surface area contributed by atoms with Crippen molar-refractivity contribution in [2.75, 3.05) is 0 Å². The minimum atomic E-state index is 0.0319. The minimum absolute atomic E-state index is 0.0319. The van der Waals surface area contributed by atoms with Crippen molar-refractivity contribution in [3.63, 3.8) is 0 Å². The number of carbonyl (C=O) groups excluding carboxylic acids is 1. The van der Waals surface area contributed by atoms with Gasteiger partial charge in [-0.2, -0.15) is 0 Å². The first kappa shape index (κ1) is 12.7. The Kier molecular flexibility index (Phi) is 3.09. The first-order valence-electron chi connectivity index (χ1n) is 6.76. The fraction of sp³-hybridized carbons (Fsp3) is 0.438. The summed E-state index contributed by atoms with van der Waals surface area (Å²) in [5.74, 6) is 1.90. The number of rotatable bonds is 2. The zero-order chi connectivity index (χ0) is 13.6. The maximum absolute atomic E-state index is 12.9. The van der Waals surface area contributed by atoms with Gasteiger partial charge >= 0.3 is 0 Å². The van der Waals surface area contributed by atoms with Crippen molar-refractivity contribution in [2.45, 2.75) is 46.0 Å². The van der Waals surface area contributed by atoms with Crippen molar-refractivity contribution < 1.29 is 9.21 Å². The second-order valence-electron chi connectivity index (χ2n) is 5.32. The fourth-order valence-corrected chi connectivity index (χ4v) is 4.08. The summed E-state index contributed by atoms with van der Waals surface area (Å²) >= 11 is 1.78. The second-order valence-corrected chi connectivity index (χ2v) is 6.32. The van der Waals surface area contributed by atoms with Crippen LogP contribution in [0.2, 0.25) is 0 Å². The van der Waals surface area contributed by atoms with Crippen LogP contribution < -0.4 is 0 Å². The van der Waals surface area contributed by atoms with Crippen LogP contribution in [0, 0.1) is 20.8 Å². The summed E-state index contributed by atoms with van der Waals surface area (Å²) in [5.41, 5.74) is 3.06. The second kappa shape index (κ2) is 4.64. The molecule has 0 N–H and O–H groups in total. The first-order valence-corrected chi connectivity index (χ1v) is 7.64. The molecule has 0 aromatic carbocycles. The molecule has 1 atom stereocenters. The number of thiophene rings is 1. The standard InChI is InChI=1S/C16H18O2S/c1-9-10(2)18-11(3)15(9)16(17)13-5-4-6-14-12(13)7-8-19-14/h7-8,13H,4-6H2,1-3H3. The molecule has 0 aliphatic heterocycles. The highest BCUT2D eigenvalue weighted by molar-refractivity contribution is 7.10. The molecule has 2 nitrogen and oxygen atoms in total. The molecule has 2 aromatic rings.